The number of hydrogen-bond donors (Lipinski definition) is 0. The van der Waals surface area contributed by atoms with E-state index in [0.29, 0.717) is 11.4 Å². The van der Waals surface area contributed by atoms with E-state index in [9.17, 15) is 14.4 Å². The molecule has 6 nitrogen and oxygen atoms in total. The number of benzene rings is 1. The predicted molar refractivity (Wildman–Crippen MR) is 87.6 cm³/mol. The third kappa shape index (κ3) is 5.53. The molecule has 0 heterocycles. The van der Waals surface area contributed by atoms with Crippen molar-refractivity contribution in [3.8, 4) is 0 Å². The first-order valence-electron chi connectivity index (χ1n) is 7.64. The average molecular weight is 357 g/mol. The van der Waals surface area contributed by atoms with Gasteiger partial charge in [-0.25, -0.2) is 4.79 Å². The van der Waals surface area contributed by atoms with Crippen LogP contribution in [0.5, 0.6) is 0 Å². The molecule has 1 aromatic rings. The average Bonchev–Trinajstić information content (AvgIpc) is 2.54. The molecule has 1 unspecified atom stereocenters. The molecule has 132 valence electrons. The summed E-state index contributed by atoms with van der Waals surface area (Å²) in [6.45, 7) is 4.78. The summed E-state index contributed by atoms with van der Waals surface area (Å²) >= 11 is 5.83. The van der Waals surface area contributed by atoms with Crippen LogP contribution in [-0.2, 0) is 30.2 Å². The Labute approximate surface area is 146 Å². The maximum Gasteiger partial charge on any atom is 0.516 e. The number of ether oxygens (including phenoxy) is 3. The number of carbonyl (C=O) groups is 3. The first-order chi connectivity index (χ1) is 11.3. The zero-order chi connectivity index (χ0) is 18.2. The fourth-order valence-corrected chi connectivity index (χ4v) is 2.08. The molecule has 1 aromatic carbocycles. The Morgan fingerprint density at radius 1 is 1.00 bits per heavy atom. The molecular weight excluding hydrogens is 336 g/mol. The molecule has 0 aliphatic carbocycles. The predicted octanol–water partition coefficient (Wildman–Crippen LogP) is 3.54. The molecule has 0 aromatic heterocycles. The van der Waals surface area contributed by atoms with Crippen LogP contribution < -0.4 is 0 Å². The van der Waals surface area contributed by atoms with Crippen molar-refractivity contribution in [1.29, 1.82) is 0 Å². The smallest absolute Gasteiger partial charge is 0.465 e. The molecule has 0 saturated carbocycles. The van der Waals surface area contributed by atoms with Crippen molar-refractivity contribution < 1.29 is 28.6 Å². The quantitative estimate of drug-likeness (QED) is 0.549. The molecule has 0 radical (unpaired) electrons. The van der Waals surface area contributed by atoms with Gasteiger partial charge in [-0.2, -0.15) is 0 Å². The van der Waals surface area contributed by atoms with Gasteiger partial charge in [-0.3, -0.25) is 9.59 Å². The number of halogens is 1. The maximum absolute atomic E-state index is 12.3. The third-order valence-corrected chi connectivity index (χ3v) is 3.69. The van der Waals surface area contributed by atoms with Gasteiger partial charge in [0.05, 0.1) is 13.2 Å². The molecule has 0 aliphatic rings. The van der Waals surface area contributed by atoms with Crippen LogP contribution >= 0.6 is 11.6 Å². The van der Waals surface area contributed by atoms with Crippen molar-refractivity contribution in [2.24, 2.45) is 5.41 Å². The highest BCUT2D eigenvalue weighted by Crippen LogP contribution is 2.28. The van der Waals surface area contributed by atoms with Gasteiger partial charge in [-0.15, -0.1) is 0 Å². The summed E-state index contributed by atoms with van der Waals surface area (Å²) in [5, 5.41) is 0.591. The molecule has 1 atom stereocenters. The second-order valence-electron chi connectivity index (χ2n) is 5.25. The molecule has 7 heteroatoms. The summed E-state index contributed by atoms with van der Waals surface area (Å²) < 4.78 is 14.1. The van der Waals surface area contributed by atoms with Gasteiger partial charge >= 0.3 is 18.1 Å². The highest BCUT2D eigenvalue weighted by molar-refractivity contribution is 6.30. The second kappa shape index (κ2) is 9.27. The zero-order valence-electron chi connectivity index (χ0n) is 14.0. The Bertz CT molecular complexity index is 583. The topological polar surface area (TPSA) is 78.9 Å². The molecule has 0 N–H and O–H groups in total. The van der Waals surface area contributed by atoms with Gasteiger partial charge < -0.3 is 14.2 Å². The minimum absolute atomic E-state index is 0.0625. The maximum atomic E-state index is 12.3. The summed E-state index contributed by atoms with van der Waals surface area (Å²) in [4.78, 5) is 35.9. The summed E-state index contributed by atoms with van der Waals surface area (Å²) in [7, 11) is 0. The van der Waals surface area contributed by atoms with Gasteiger partial charge in [0.15, 0.2) is 5.41 Å². The van der Waals surface area contributed by atoms with Crippen molar-refractivity contribution in [2.45, 2.75) is 33.6 Å². The van der Waals surface area contributed by atoms with Crippen LogP contribution in [0.1, 0.15) is 32.8 Å². The van der Waals surface area contributed by atoms with Gasteiger partial charge in [0, 0.05) is 5.02 Å². The summed E-state index contributed by atoms with van der Waals surface area (Å²) in [5.41, 5.74) is -0.721. The van der Waals surface area contributed by atoms with Gasteiger partial charge in [0.1, 0.15) is 0 Å². The van der Waals surface area contributed by atoms with E-state index >= 15 is 0 Å². The van der Waals surface area contributed by atoms with E-state index in [2.05, 4.69) is 9.47 Å². The Morgan fingerprint density at radius 2 is 1.58 bits per heavy atom. The van der Waals surface area contributed by atoms with E-state index in [-0.39, 0.29) is 19.6 Å². The van der Waals surface area contributed by atoms with Crippen LogP contribution in [-0.4, -0.2) is 31.3 Å². The third-order valence-electron chi connectivity index (χ3n) is 3.44. The van der Waals surface area contributed by atoms with Gasteiger partial charge in [-0.05, 0) is 51.3 Å². The Hall–Kier alpha value is -2.08. The lowest BCUT2D eigenvalue weighted by atomic mass is 9.84. The van der Waals surface area contributed by atoms with Crippen molar-refractivity contribution in [2.75, 3.05) is 13.2 Å². The standard InChI is InChI=1S/C17H21ClO6/c1-4-22-14(19)17(3,15(20)24-16(21)23-5-2)11-10-12-6-8-13(18)9-7-12/h6-9H,4-5,10-11H2,1-3H3. The fourth-order valence-electron chi connectivity index (χ4n) is 1.96. The van der Waals surface area contributed by atoms with Gasteiger partial charge in [-0.1, -0.05) is 23.7 Å². The molecule has 0 fully saturated rings. The Balaban J connectivity index is 2.88. The van der Waals surface area contributed by atoms with Crippen LogP contribution in [0.25, 0.3) is 0 Å². The van der Waals surface area contributed by atoms with E-state index in [1.807, 2.05) is 0 Å². The van der Waals surface area contributed by atoms with Gasteiger partial charge in [0.2, 0.25) is 0 Å². The van der Waals surface area contributed by atoms with E-state index < -0.39 is 23.5 Å². The number of aryl methyl sites for hydroxylation is 1. The number of rotatable bonds is 7. The zero-order valence-corrected chi connectivity index (χ0v) is 14.7. The van der Waals surface area contributed by atoms with E-state index in [1.54, 1.807) is 38.1 Å². The normalized spacial score (nSPS) is 12.8. The van der Waals surface area contributed by atoms with Crippen molar-refractivity contribution in [3.63, 3.8) is 0 Å². The van der Waals surface area contributed by atoms with E-state index in [4.69, 9.17) is 16.3 Å². The lowest BCUT2D eigenvalue weighted by Gasteiger charge is -2.24. The lowest BCUT2D eigenvalue weighted by Crippen LogP contribution is -2.41. The Morgan fingerprint density at radius 3 is 2.12 bits per heavy atom. The first-order valence-corrected chi connectivity index (χ1v) is 8.02. The Kier molecular flexibility index (Phi) is 7.71. The highest BCUT2D eigenvalue weighted by Gasteiger charge is 2.45. The van der Waals surface area contributed by atoms with Crippen LogP contribution in [0.4, 0.5) is 4.79 Å². The lowest BCUT2D eigenvalue weighted by molar-refractivity contribution is -0.168. The van der Waals surface area contributed by atoms with Crippen LogP contribution in [0.3, 0.4) is 0 Å². The second-order valence-corrected chi connectivity index (χ2v) is 5.69. The minimum atomic E-state index is -1.61. The number of carbonyl (C=O) groups excluding carboxylic acids is 3. The van der Waals surface area contributed by atoms with Crippen LogP contribution in [0, 0.1) is 5.41 Å². The SMILES string of the molecule is CCOC(=O)OC(=O)C(C)(CCc1ccc(Cl)cc1)C(=O)OCC. The van der Waals surface area contributed by atoms with Gasteiger partial charge in [0.25, 0.3) is 0 Å². The van der Waals surface area contributed by atoms with Crippen molar-refractivity contribution >= 4 is 29.7 Å². The van der Waals surface area contributed by atoms with Crippen molar-refractivity contribution in [3.05, 3.63) is 34.9 Å². The first kappa shape index (κ1) is 20.0. The number of esters is 2. The molecule has 0 bridgehead atoms. The van der Waals surface area contributed by atoms with E-state index in [1.165, 1.54) is 6.92 Å². The van der Waals surface area contributed by atoms with E-state index in [0.717, 1.165) is 5.56 Å². The number of hydrogen-bond acceptors (Lipinski definition) is 6. The minimum Gasteiger partial charge on any atom is -0.465 e. The molecule has 0 amide bonds. The summed E-state index contributed by atoms with van der Waals surface area (Å²) in [5.74, 6) is -1.73. The summed E-state index contributed by atoms with van der Waals surface area (Å²) in [6.07, 6.45) is -0.611. The fraction of sp³-hybridized carbons (Fsp3) is 0.471. The molecule has 0 aliphatic heterocycles. The molecule has 0 saturated heterocycles. The monoisotopic (exact) mass is 356 g/mol. The van der Waals surface area contributed by atoms with Crippen molar-refractivity contribution in [1.82, 2.24) is 0 Å². The summed E-state index contributed by atoms with van der Waals surface area (Å²) in [6, 6.07) is 7.03. The largest absolute Gasteiger partial charge is 0.516 e. The highest BCUT2D eigenvalue weighted by atomic mass is 35.5. The molecule has 24 heavy (non-hydrogen) atoms. The van der Waals surface area contributed by atoms with Crippen LogP contribution in [0.2, 0.25) is 5.02 Å². The molecule has 1 rings (SSSR count). The molecular formula is C17H21ClO6. The molecule has 0 spiro atoms. The van der Waals surface area contributed by atoms with Crippen LogP contribution in [0.15, 0.2) is 24.3 Å².